The van der Waals surface area contributed by atoms with E-state index in [0.29, 0.717) is 0 Å². The van der Waals surface area contributed by atoms with E-state index in [1.54, 1.807) is 0 Å². The number of nitrogens with zero attached hydrogens (tertiary/aromatic N) is 1. The van der Waals surface area contributed by atoms with Crippen LogP contribution in [-0.4, -0.2) is 17.7 Å². The van der Waals surface area contributed by atoms with Gasteiger partial charge in [-0.2, -0.15) is 0 Å². The van der Waals surface area contributed by atoms with Crippen molar-refractivity contribution >= 4 is 22.2 Å². The van der Waals surface area contributed by atoms with Crippen molar-refractivity contribution in [2.75, 3.05) is 18.8 Å². The van der Waals surface area contributed by atoms with Gasteiger partial charge < -0.3 is 15.6 Å². The first-order valence-electron chi connectivity index (χ1n) is 7.69. The molecule has 3 nitrogen and oxygen atoms in total. The number of nitrogens with one attached hydrogen (secondary N) is 1. The highest BCUT2D eigenvalue weighted by atomic mass is 15.0. The summed E-state index contributed by atoms with van der Waals surface area (Å²) in [5, 5.41) is 4.69. The molecule has 0 spiro atoms. The fourth-order valence-corrected chi connectivity index (χ4v) is 3.15. The van der Waals surface area contributed by atoms with Crippen LogP contribution in [0.3, 0.4) is 0 Å². The van der Waals surface area contributed by atoms with Gasteiger partial charge in [-0.05, 0) is 48.9 Å². The molecule has 0 saturated carbocycles. The monoisotopic (exact) mass is 289 g/mol. The molecule has 110 valence electrons. The number of para-hydroxylation sites is 1. The van der Waals surface area contributed by atoms with E-state index in [1.165, 1.54) is 22.0 Å². The molecule has 1 aliphatic heterocycles. The van der Waals surface area contributed by atoms with Crippen molar-refractivity contribution in [3.05, 3.63) is 66.4 Å². The van der Waals surface area contributed by atoms with Crippen LogP contribution in [0.15, 0.2) is 60.8 Å². The molecular weight excluding hydrogens is 270 g/mol. The summed E-state index contributed by atoms with van der Waals surface area (Å²) in [6.07, 6.45) is 5.64. The van der Waals surface area contributed by atoms with Gasteiger partial charge in [0.25, 0.3) is 0 Å². The minimum absolute atomic E-state index is 0.793. The first kappa shape index (κ1) is 13.2. The molecule has 4 rings (SSSR count). The number of nitrogen functional groups attached to an aromatic ring is 1. The number of anilines is 1. The average Bonchev–Trinajstić information content (AvgIpc) is 2.96. The Morgan fingerprint density at radius 2 is 1.82 bits per heavy atom. The van der Waals surface area contributed by atoms with E-state index in [2.05, 4.69) is 58.6 Å². The van der Waals surface area contributed by atoms with Crippen LogP contribution in [0.5, 0.6) is 0 Å². The summed E-state index contributed by atoms with van der Waals surface area (Å²) >= 11 is 0. The summed E-state index contributed by atoms with van der Waals surface area (Å²) in [4.78, 5) is 0. The topological polar surface area (TPSA) is 43.0 Å². The number of rotatable bonds is 2. The van der Waals surface area contributed by atoms with Crippen LogP contribution in [-0.2, 0) is 0 Å². The fraction of sp³-hybridized carbons (Fsp3) is 0.158. The Bertz CT molecular complexity index is 841. The Hall–Kier alpha value is -2.52. The van der Waals surface area contributed by atoms with Crippen molar-refractivity contribution in [3.63, 3.8) is 0 Å². The highest BCUT2D eigenvalue weighted by Gasteiger charge is 2.14. The molecule has 0 atom stereocenters. The molecule has 0 unspecified atom stereocenters. The van der Waals surface area contributed by atoms with E-state index in [-0.39, 0.29) is 0 Å². The Kier molecular flexibility index (Phi) is 3.20. The second-order valence-electron chi connectivity index (χ2n) is 5.70. The Labute approximate surface area is 130 Å². The summed E-state index contributed by atoms with van der Waals surface area (Å²) in [5.41, 5.74) is 11.8. The molecule has 2 aromatic carbocycles. The summed E-state index contributed by atoms with van der Waals surface area (Å²) in [6, 6.07) is 16.6. The highest BCUT2D eigenvalue weighted by molar-refractivity contribution is 5.94. The standard InChI is InChI=1S/C19H19N3/c20-15-5-7-16(8-6-15)22-13-18(14-9-11-21-12-10-14)17-3-1-2-4-19(17)22/h1-9,13,21H,10-12,20H2. The summed E-state index contributed by atoms with van der Waals surface area (Å²) in [7, 11) is 0. The number of aromatic nitrogens is 1. The number of hydrogen-bond acceptors (Lipinski definition) is 2. The number of hydrogen-bond donors (Lipinski definition) is 2. The van der Waals surface area contributed by atoms with Crippen molar-refractivity contribution in [3.8, 4) is 5.69 Å². The van der Waals surface area contributed by atoms with Crippen LogP contribution in [0.25, 0.3) is 22.2 Å². The molecule has 0 amide bonds. The maximum Gasteiger partial charge on any atom is 0.0534 e. The third-order valence-corrected chi connectivity index (χ3v) is 4.29. The van der Waals surface area contributed by atoms with Crippen LogP contribution in [0.1, 0.15) is 12.0 Å². The van der Waals surface area contributed by atoms with Crippen molar-refractivity contribution < 1.29 is 0 Å². The van der Waals surface area contributed by atoms with Gasteiger partial charge in [-0.3, -0.25) is 0 Å². The molecule has 0 saturated heterocycles. The molecular formula is C19H19N3. The molecule has 3 aromatic rings. The minimum atomic E-state index is 0.793. The number of benzene rings is 2. The smallest absolute Gasteiger partial charge is 0.0534 e. The lowest BCUT2D eigenvalue weighted by Gasteiger charge is -2.13. The van der Waals surface area contributed by atoms with Gasteiger partial charge in [0.15, 0.2) is 0 Å². The first-order chi connectivity index (χ1) is 10.8. The highest BCUT2D eigenvalue weighted by Crippen LogP contribution is 2.31. The summed E-state index contributed by atoms with van der Waals surface area (Å²) in [6.45, 7) is 2.00. The predicted octanol–water partition coefficient (Wildman–Crippen LogP) is 3.59. The molecule has 22 heavy (non-hydrogen) atoms. The van der Waals surface area contributed by atoms with Crippen molar-refractivity contribution in [1.29, 1.82) is 0 Å². The van der Waals surface area contributed by atoms with Crippen LogP contribution in [0.2, 0.25) is 0 Å². The van der Waals surface area contributed by atoms with Crippen molar-refractivity contribution in [2.45, 2.75) is 6.42 Å². The van der Waals surface area contributed by atoms with E-state index in [4.69, 9.17) is 5.73 Å². The number of fused-ring (bicyclic) bond motifs is 1. The normalized spacial score (nSPS) is 15.0. The van der Waals surface area contributed by atoms with Crippen LogP contribution < -0.4 is 11.1 Å². The van der Waals surface area contributed by atoms with Gasteiger partial charge in [0.2, 0.25) is 0 Å². The van der Waals surface area contributed by atoms with Gasteiger partial charge in [0, 0.05) is 35.1 Å². The second-order valence-corrected chi connectivity index (χ2v) is 5.70. The van der Waals surface area contributed by atoms with Gasteiger partial charge in [-0.15, -0.1) is 0 Å². The molecule has 1 aromatic heterocycles. The molecule has 3 N–H and O–H groups in total. The van der Waals surface area contributed by atoms with E-state index in [0.717, 1.165) is 30.9 Å². The second kappa shape index (κ2) is 5.35. The Morgan fingerprint density at radius 3 is 2.59 bits per heavy atom. The van der Waals surface area contributed by atoms with Crippen molar-refractivity contribution in [1.82, 2.24) is 9.88 Å². The molecule has 0 fully saturated rings. The molecule has 0 aliphatic carbocycles. The largest absolute Gasteiger partial charge is 0.399 e. The van der Waals surface area contributed by atoms with E-state index >= 15 is 0 Å². The van der Waals surface area contributed by atoms with Gasteiger partial charge >= 0.3 is 0 Å². The lowest BCUT2D eigenvalue weighted by atomic mass is 10.00. The quantitative estimate of drug-likeness (QED) is 0.708. The lowest BCUT2D eigenvalue weighted by molar-refractivity contribution is 0.739. The Morgan fingerprint density at radius 1 is 1.00 bits per heavy atom. The SMILES string of the molecule is Nc1ccc(-n2cc(C3=CCNCC3)c3ccccc32)cc1. The predicted molar refractivity (Wildman–Crippen MR) is 93.2 cm³/mol. The van der Waals surface area contributed by atoms with Crippen LogP contribution >= 0.6 is 0 Å². The molecule has 2 heterocycles. The maximum atomic E-state index is 5.81. The van der Waals surface area contributed by atoms with Crippen molar-refractivity contribution in [2.24, 2.45) is 0 Å². The lowest BCUT2D eigenvalue weighted by Crippen LogP contribution is -2.19. The van der Waals surface area contributed by atoms with Gasteiger partial charge in [0.1, 0.15) is 0 Å². The molecule has 0 bridgehead atoms. The van der Waals surface area contributed by atoms with Gasteiger partial charge in [0.05, 0.1) is 5.52 Å². The maximum absolute atomic E-state index is 5.81. The van der Waals surface area contributed by atoms with Gasteiger partial charge in [-0.1, -0.05) is 24.3 Å². The zero-order valence-electron chi connectivity index (χ0n) is 12.4. The van der Waals surface area contributed by atoms with E-state index in [9.17, 15) is 0 Å². The fourth-order valence-electron chi connectivity index (χ4n) is 3.15. The average molecular weight is 289 g/mol. The summed E-state index contributed by atoms with van der Waals surface area (Å²) in [5.74, 6) is 0. The molecule has 1 aliphatic rings. The first-order valence-corrected chi connectivity index (χ1v) is 7.69. The minimum Gasteiger partial charge on any atom is -0.399 e. The zero-order valence-corrected chi connectivity index (χ0v) is 12.4. The third kappa shape index (κ3) is 2.20. The summed E-state index contributed by atoms with van der Waals surface area (Å²) < 4.78 is 2.26. The Balaban J connectivity index is 1.92. The van der Waals surface area contributed by atoms with Gasteiger partial charge in [-0.25, -0.2) is 0 Å². The van der Waals surface area contributed by atoms with E-state index in [1.807, 2.05) is 12.1 Å². The zero-order chi connectivity index (χ0) is 14.9. The molecule has 0 radical (unpaired) electrons. The molecule has 3 heteroatoms. The van der Waals surface area contributed by atoms with Crippen LogP contribution in [0.4, 0.5) is 5.69 Å². The third-order valence-electron chi connectivity index (χ3n) is 4.29. The van der Waals surface area contributed by atoms with Crippen LogP contribution in [0, 0.1) is 0 Å². The van der Waals surface area contributed by atoms with E-state index < -0.39 is 0 Å². The number of nitrogens with two attached hydrogens (primary N) is 1.